The standard InChI is InChI=1S/C17H27ClN4O/c1-5-19-17(21-11-10-20-16(23)12(2)3)22-13(4)14-8-6-7-9-15(14)18/h6-9,12-13H,5,10-11H2,1-4H3,(H,20,23)(H2,19,21,22). The topological polar surface area (TPSA) is 65.5 Å². The Kier molecular flexibility index (Phi) is 8.48. The van der Waals surface area contributed by atoms with Gasteiger partial charge < -0.3 is 16.0 Å². The summed E-state index contributed by atoms with van der Waals surface area (Å²) in [6, 6.07) is 7.78. The lowest BCUT2D eigenvalue weighted by atomic mass is 10.1. The number of carbonyl (C=O) groups excluding carboxylic acids is 1. The molecule has 0 aromatic heterocycles. The van der Waals surface area contributed by atoms with Gasteiger partial charge in [0.05, 0.1) is 12.6 Å². The van der Waals surface area contributed by atoms with Crippen molar-refractivity contribution in [3.8, 4) is 0 Å². The maximum atomic E-state index is 11.5. The lowest BCUT2D eigenvalue weighted by Crippen LogP contribution is -2.39. The number of aliphatic imine (C=N–C) groups is 1. The summed E-state index contributed by atoms with van der Waals surface area (Å²) >= 11 is 6.22. The molecule has 3 N–H and O–H groups in total. The van der Waals surface area contributed by atoms with Crippen LogP contribution >= 0.6 is 11.6 Å². The molecule has 0 aliphatic heterocycles. The molecular weight excluding hydrogens is 312 g/mol. The summed E-state index contributed by atoms with van der Waals surface area (Å²) in [6.45, 7) is 9.59. The van der Waals surface area contributed by atoms with Crippen molar-refractivity contribution in [3.63, 3.8) is 0 Å². The van der Waals surface area contributed by atoms with E-state index < -0.39 is 0 Å². The second-order valence-corrected chi connectivity index (χ2v) is 6.00. The molecule has 6 heteroatoms. The molecule has 0 saturated heterocycles. The van der Waals surface area contributed by atoms with Crippen LogP contribution in [-0.2, 0) is 4.79 Å². The molecule has 1 aromatic rings. The van der Waals surface area contributed by atoms with E-state index in [4.69, 9.17) is 11.6 Å². The third-order valence-corrected chi connectivity index (χ3v) is 3.62. The Morgan fingerprint density at radius 2 is 1.91 bits per heavy atom. The number of carbonyl (C=O) groups is 1. The fourth-order valence-corrected chi connectivity index (χ4v) is 2.28. The maximum absolute atomic E-state index is 11.5. The van der Waals surface area contributed by atoms with Crippen LogP contribution in [0.4, 0.5) is 0 Å². The highest BCUT2D eigenvalue weighted by Gasteiger charge is 2.10. The number of nitrogens with zero attached hydrogens (tertiary/aromatic N) is 1. The van der Waals surface area contributed by atoms with E-state index in [1.165, 1.54) is 0 Å². The van der Waals surface area contributed by atoms with Gasteiger partial charge in [-0.05, 0) is 25.5 Å². The largest absolute Gasteiger partial charge is 0.357 e. The summed E-state index contributed by atoms with van der Waals surface area (Å²) in [5, 5.41) is 10.1. The second-order valence-electron chi connectivity index (χ2n) is 5.59. The van der Waals surface area contributed by atoms with Crippen LogP contribution in [0.5, 0.6) is 0 Å². The van der Waals surface area contributed by atoms with Crippen molar-refractivity contribution in [1.82, 2.24) is 16.0 Å². The van der Waals surface area contributed by atoms with Gasteiger partial charge in [-0.15, -0.1) is 0 Å². The van der Waals surface area contributed by atoms with Crippen molar-refractivity contribution in [2.75, 3.05) is 19.6 Å². The smallest absolute Gasteiger partial charge is 0.222 e. The summed E-state index contributed by atoms with van der Waals surface area (Å²) in [5.74, 6) is 0.742. The number of halogens is 1. The van der Waals surface area contributed by atoms with Crippen molar-refractivity contribution in [2.24, 2.45) is 10.9 Å². The molecule has 0 fully saturated rings. The van der Waals surface area contributed by atoms with Crippen molar-refractivity contribution in [3.05, 3.63) is 34.9 Å². The van der Waals surface area contributed by atoms with Gasteiger partial charge in [-0.3, -0.25) is 9.79 Å². The fraction of sp³-hybridized carbons (Fsp3) is 0.529. The lowest BCUT2D eigenvalue weighted by Gasteiger charge is -2.19. The summed E-state index contributed by atoms with van der Waals surface area (Å²) < 4.78 is 0. The van der Waals surface area contributed by atoms with Crippen LogP contribution < -0.4 is 16.0 Å². The minimum absolute atomic E-state index is 0.00872. The molecule has 128 valence electrons. The molecule has 23 heavy (non-hydrogen) atoms. The Morgan fingerprint density at radius 1 is 1.22 bits per heavy atom. The van der Waals surface area contributed by atoms with Crippen molar-refractivity contribution < 1.29 is 4.79 Å². The molecule has 0 spiro atoms. The molecule has 0 aliphatic carbocycles. The van der Waals surface area contributed by atoms with E-state index in [1.807, 2.05) is 52.0 Å². The minimum Gasteiger partial charge on any atom is -0.357 e. The zero-order chi connectivity index (χ0) is 17.2. The van der Waals surface area contributed by atoms with E-state index in [0.29, 0.717) is 19.0 Å². The zero-order valence-corrected chi connectivity index (χ0v) is 15.1. The SMILES string of the molecule is CCNC(=NCCNC(=O)C(C)C)NC(C)c1ccccc1Cl. The Hall–Kier alpha value is -1.75. The molecule has 0 aliphatic rings. The van der Waals surface area contributed by atoms with Crippen LogP contribution in [0.25, 0.3) is 0 Å². The highest BCUT2D eigenvalue weighted by Crippen LogP contribution is 2.21. The first-order chi connectivity index (χ1) is 11.0. The van der Waals surface area contributed by atoms with Crippen LogP contribution in [0.1, 0.15) is 39.3 Å². The normalized spacial score (nSPS) is 12.9. The van der Waals surface area contributed by atoms with Gasteiger partial charge >= 0.3 is 0 Å². The van der Waals surface area contributed by atoms with Crippen molar-refractivity contribution in [2.45, 2.75) is 33.7 Å². The number of benzene rings is 1. The number of nitrogens with one attached hydrogen (secondary N) is 3. The quantitative estimate of drug-likeness (QED) is 0.407. The molecule has 1 atom stereocenters. The van der Waals surface area contributed by atoms with E-state index in [1.54, 1.807) is 0 Å². The third-order valence-electron chi connectivity index (χ3n) is 3.27. The van der Waals surface area contributed by atoms with Crippen LogP contribution in [0, 0.1) is 5.92 Å². The summed E-state index contributed by atoms with van der Waals surface area (Å²) in [4.78, 5) is 16.0. The Morgan fingerprint density at radius 3 is 2.52 bits per heavy atom. The average Bonchev–Trinajstić information content (AvgIpc) is 2.51. The fourth-order valence-electron chi connectivity index (χ4n) is 1.98. The van der Waals surface area contributed by atoms with E-state index >= 15 is 0 Å². The first-order valence-corrected chi connectivity index (χ1v) is 8.40. The van der Waals surface area contributed by atoms with Crippen LogP contribution in [0.15, 0.2) is 29.3 Å². The average molecular weight is 339 g/mol. The molecule has 0 heterocycles. The van der Waals surface area contributed by atoms with Crippen LogP contribution in [0.2, 0.25) is 5.02 Å². The molecule has 0 bridgehead atoms. The Labute approximate surface area is 143 Å². The number of rotatable bonds is 7. The number of hydrogen-bond donors (Lipinski definition) is 3. The molecule has 1 unspecified atom stereocenters. The minimum atomic E-state index is -0.00872. The van der Waals surface area contributed by atoms with Crippen LogP contribution in [0.3, 0.4) is 0 Å². The summed E-state index contributed by atoms with van der Waals surface area (Å²) in [6.07, 6.45) is 0. The Bertz CT molecular complexity index is 531. The maximum Gasteiger partial charge on any atom is 0.222 e. The first-order valence-electron chi connectivity index (χ1n) is 8.02. The van der Waals surface area contributed by atoms with Gasteiger partial charge in [-0.25, -0.2) is 0 Å². The molecule has 5 nitrogen and oxygen atoms in total. The van der Waals surface area contributed by atoms with Crippen molar-refractivity contribution >= 4 is 23.5 Å². The molecular formula is C17H27ClN4O. The number of hydrogen-bond acceptors (Lipinski definition) is 2. The molecule has 1 aromatic carbocycles. The number of guanidine groups is 1. The lowest BCUT2D eigenvalue weighted by molar-refractivity contribution is -0.123. The summed E-state index contributed by atoms with van der Waals surface area (Å²) in [7, 11) is 0. The van der Waals surface area contributed by atoms with Gasteiger partial charge in [0, 0.05) is 24.0 Å². The zero-order valence-electron chi connectivity index (χ0n) is 14.3. The van der Waals surface area contributed by atoms with Gasteiger partial charge in [0.2, 0.25) is 5.91 Å². The van der Waals surface area contributed by atoms with Gasteiger partial charge in [0.1, 0.15) is 0 Å². The van der Waals surface area contributed by atoms with E-state index in [9.17, 15) is 4.79 Å². The highest BCUT2D eigenvalue weighted by atomic mass is 35.5. The van der Waals surface area contributed by atoms with Gasteiger partial charge in [-0.1, -0.05) is 43.6 Å². The van der Waals surface area contributed by atoms with Crippen LogP contribution in [-0.4, -0.2) is 31.5 Å². The first kappa shape index (κ1) is 19.3. The third kappa shape index (κ3) is 6.91. The van der Waals surface area contributed by atoms with E-state index in [0.717, 1.165) is 17.1 Å². The molecule has 1 rings (SSSR count). The molecule has 0 saturated carbocycles. The predicted molar refractivity (Wildman–Crippen MR) is 96.8 cm³/mol. The number of amides is 1. The molecule has 1 amide bonds. The van der Waals surface area contributed by atoms with Crippen molar-refractivity contribution in [1.29, 1.82) is 0 Å². The monoisotopic (exact) mass is 338 g/mol. The summed E-state index contributed by atoms with van der Waals surface area (Å²) in [5.41, 5.74) is 1.02. The predicted octanol–water partition coefficient (Wildman–Crippen LogP) is 2.73. The van der Waals surface area contributed by atoms with E-state index in [2.05, 4.69) is 20.9 Å². The van der Waals surface area contributed by atoms with Gasteiger partial charge in [-0.2, -0.15) is 0 Å². The Balaban J connectivity index is 2.58. The molecule has 0 radical (unpaired) electrons. The highest BCUT2D eigenvalue weighted by molar-refractivity contribution is 6.31. The van der Waals surface area contributed by atoms with Gasteiger partial charge in [0.25, 0.3) is 0 Å². The van der Waals surface area contributed by atoms with Gasteiger partial charge in [0.15, 0.2) is 5.96 Å². The van der Waals surface area contributed by atoms with E-state index in [-0.39, 0.29) is 17.9 Å². The second kappa shape index (κ2) is 10.1.